The molecule has 2 heterocycles. The van der Waals surface area contributed by atoms with Crippen molar-refractivity contribution in [3.8, 4) is 17.6 Å². The van der Waals surface area contributed by atoms with Crippen molar-refractivity contribution in [1.82, 2.24) is 4.98 Å². The van der Waals surface area contributed by atoms with Crippen LogP contribution in [0, 0.1) is 18.3 Å². The van der Waals surface area contributed by atoms with Crippen molar-refractivity contribution < 1.29 is 14.3 Å². The molecule has 124 valence electrons. The van der Waals surface area contributed by atoms with E-state index in [9.17, 15) is 10.1 Å². The van der Waals surface area contributed by atoms with Crippen molar-refractivity contribution in [3.63, 3.8) is 0 Å². The monoisotopic (exact) mass is 342 g/mol. The molecular weight excluding hydrogens is 324 g/mol. The third-order valence-electron chi connectivity index (χ3n) is 3.81. The Kier molecular flexibility index (Phi) is 5.11. The summed E-state index contributed by atoms with van der Waals surface area (Å²) in [6, 6.07) is 7.82. The van der Waals surface area contributed by atoms with Gasteiger partial charge in [-0.1, -0.05) is 6.07 Å². The number of ketones is 1. The zero-order valence-corrected chi connectivity index (χ0v) is 14.3. The highest BCUT2D eigenvalue weighted by Crippen LogP contribution is 2.31. The molecule has 0 N–H and O–H groups in total. The molecule has 0 bridgehead atoms. The summed E-state index contributed by atoms with van der Waals surface area (Å²) in [5.74, 6) is 0.601. The van der Waals surface area contributed by atoms with Crippen LogP contribution in [0.2, 0.25) is 0 Å². The number of hydrogen-bond acceptors (Lipinski definition) is 6. The molecular formula is C18H18N2O3S. The first-order valence-corrected chi connectivity index (χ1v) is 8.78. The number of aryl methyl sites for hydroxylation is 2. The van der Waals surface area contributed by atoms with E-state index >= 15 is 0 Å². The Bertz CT molecular complexity index is 779. The fourth-order valence-corrected chi connectivity index (χ4v) is 3.41. The first-order valence-electron chi connectivity index (χ1n) is 7.90. The van der Waals surface area contributed by atoms with E-state index in [0.717, 1.165) is 29.2 Å². The standard InChI is InChI=1S/C18H18N2O3S/c1-12-11-24-18(20-12)14(10-19)15(21)5-3-13-4-6-16-17(9-13)23-8-2-7-22-16/h4,6,9,11,14H,2-3,5,7-8H2,1H3/t14-/m0/s1. The zero-order valence-electron chi connectivity index (χ0n) is 13.4. The van der Waals surface area contributed by atoms with Crippen molar-refractivity contribution in [2.24, 2.45) is 0 Å². The van der Waals surface area contributed by atoms with Crippen molar-refractivity contribution in [1.29, 1.82) is 5.26 Å². The van der Waals surface area contributed by atoms with E-state index in [1.165, 1.54) is 11.3 Å². The highest BCUT2D eigenvalue weighted by atomic mass is 32.1. The van der Waals surface area contributed by atoms with Crippen molar-refractivity contribution in [3.05, 3.63) is 39.8 Å². The van der Waals surface area contributed by atoms with E-state index in [-0.39, 0.29) is 5.78 Å². The summed E-state index contributed by atoms with van der Waals surface area (Å²) >= 11 is 1.36. The van der Waals surface area contributed by atoms with Gasteiger partial charge < -0.3 is 9.47 Å². The van der Waals surface area contributed by atoms with E-state index in [1.807, 2.05) is 30.5 Å². The van der Waals surface area contributed by atoms with Gasteiger partial charge in [-0.2, -0.15) is 5.26 Å². The predicted octanol–water partition coefficient (Wildman–Crippen LogP) is 3.42. The van der Waals surface area contributed by atoms with Gasteiger partial charge in [0.2, 0.25) is 0 Å². The van der Waals surface area contributed by atoms with Gasteiger partial charge in [0.25, 0.3) is 0 Å². The minimum absolute atomic E-state index is 0.0982. The maximum absolute atomic E-state index is 12.4. The van der Waals surface area contributed by atoms with Crippen LogP contribution in [-0.4, -0.2) is 24.0 Å². The van der Waals surface area contributed by atoms with Crippen LogP contribution in [-0.2, 0) is 11.2 Å². The van der Waals surface area contributed by atoms with Crippen molar-refractivity contribution >= 4 is 17.1 Å². The molecule has 1 atom stereocenters. The molecule has 1 aliphatic rings. The predicted molar refractivity (Wildman–Crippen MR) is 90.6 cm³/mol. The van der Waals surface area contributed by atoms with Gasteiger partial charge in [0.1, 0.15) is 5.01 Å². The number of fused-ring (bicyclic) bond motifs is 1. The fourth-order valence-electron chi connectivity index (χ4n) is 2.54. The summed E-state index contributed by atoms with van der Waals surface area (Å²) in [5.41, 5.74) is 1.84. The minimum atomic E-state index is -0.774. The molecule has 1 aromatic carbocycles. The number of nitrogens with zero attached hydrogens (tertiary/aromatic N) is 2. The Morgan fingerprint density at radius 1 is 1.38 bits per heavy atom. The Labute approximate surface area is 144 Å². The van der Waals surface area contributed by atoms with Gasteiger partial charge in [0.15, 0.2) is 23.2 Å². The molecule has 0 amide bonds. The van der Waals surface area contributed by atoms with Crippen LogP contribution in [0.3, 0.4) is 0 Å². The number of thiazole rings is 1. The number of nitriles is 1. The number of benzene rings is 1. The molecule has 0 saturated heterocycles. The van der Waals surface area contributed by atoms with Crippen LogP contribution >= 0.6 is 11.3 Å². The molecule has 3 rings (SSSR count). The number of rotatable bonds is 5. The lowest BCUT2D eigenvalue weighted by molar-refractivity contribution is -0.119. The lowest BCUT2D eigenvalue weighted by atomic mass is 9.99. The smallest absolute Gasteiger partial charge is 0.161 e. The molecule has 0 aliphatic carbocycles. The average molecular weight is 342 g/mol. The SMILES string of the molecule is Cc1csc([C@@H](C#N)C(=O)CCc2ccc3c(c2)OCCCO3)n1. The van der Waals surface area contributed by atoms with Crippen LogP contribution in [0.1, 0.15) is 35.0 Å². The number of Topliss-reactive ketones (excluding diaryl/α,β-unsaturated/α-hetero) is 1. The second-order valence-electron chi connectivity index (χ2n) is 5.69. The van der Waals surface area contributed by atoms with Crippen LogP contribution in [0.25, 0.3) is 0 Å². The minimum Gasteiger partial charge on any atom is -0.490 e. The number of ether oxygens (including phenoxy) is 2. The molecule has 0 saturated carbocycles. The molecule has 1 aromatic heterocycles. The van der Waals surface area contributed by atoms with E-state index in [2.05, 4.69) is 11.1 Å². The van der Waals surface area contributed by atoms with Gasteiger partial charge in [-0.05, 0) is 31.0 Å². The molecule has 1 aliphatic heterocycles. The Hall–Kier alpha value is -2.39. The Morgan fingerprint density at radius 3 is 2.88 bits per heavy atom. The quantitative estimate of drug-likeness (QED) is 0.832. The normalized spacial score (nSPS) is 14.5. The lowest BCUT2D eigenvalue weighted by Gasteiger charge is -2.10. The number of hydrogen-bond donors (Lipinski definition) is 0. The maximum Gasteiger partial charge on any atom is 0.161 e. The van der Waals surface area contributed by atoms with Gasteiger partial charge in [-0.25, -0.2) is 4.98 Å². The topological polar surface area (TPSA) is 72.2 Å². The summed E-state index contributed by atoms with van der Waals surface area (Å²) in [6.45, 7) is 3.15. The molecule has 24 heavy (non-hydrogen) atoms. The summed E-state index contributed by atoms with van der Waals surface area (Å²) in [7, 11) is 0. The average Bonchev–Trinajstić information content (AvgIpc) is 2.87. The summed E-state index contributed by atoms with van der Waals surface area (Å²) < 4.78 is 11.3. The highest BCUT2D eigenvalue weighted by molar-refractivity contribution is 7.09. The lowest BCUT2D eigenvalue weighted by Crippen LogP contribution is -2.11. The molecule has 2 aromatic rings. The van der Waals surface area contributed by atoms with E-state index in [0.29, 0.717) is 31.1 Å². The van der Waals surface area contributed by atoms with E-state index < -0.39 is 5.92 Å². The third kappa shape index (κ3) is 3.74. The van der Waals surface area contributed by atoms with Gasteiger partial charge in [0.05, 0.1) is 19.3 Å². The van der Waals surface area contributed by atoms with Crippen LogP contribution in [0.5, 0.6) is 11.5 Å². The molecule has 0 fully saturated rings. The molecule has 5 nitrogen and oxygen atoms in total. The van der Waals surface area contributed by atoms with E-state index in [1.54, 1.807) is 0 Å². The van der Waals surface area contributed by atoms with Crippen LogP contribution in [0.4, 0.5) is 0 Å². The Morgan fingerprint density at radius 2 is 2.17 bits per heavy atom. The third-order valence-corrected chi connectivity index (χ3v) is 4.83. The summed E-state index contributed by atoms with van der Waals surface area (Å²) in [6.07, 6.45) is 1.73. The van der Waals surface area contributed by atoms with E-state index in [4.69, 9.17) is 9.47 Å². The molecule has 0 spiro atoms. The van der Waals surface area contributed by atoms with Gasteiger partial charge in [0, 0.05) is 23.9 Å². The van der Waals surface area contributed by atoms with Gasteiger partial charge in [-0.15, -0.1) is 11.3 Å². The fraction of sp³-hybridized carbons (Fsp3) is 0.389. The van der Waals surface area contributed by atoms with Crippen LogP contribution in [0.15, 0.2) is 23.6 Å². The molecule has 0 radical (unpaired) electrons. The van der Waals surface area contributed by atoms with Crippen LogP contribution < -0.4 is 9.47 Å². The Balaban J connectivity index is 1.65. The number of carbonyl (C=O) groups is 1. The first-order chi connectivity index (χ1) is 11.7. The maximum atomic E-state index is 12.4. The number of carbonyl (C=O) groups excluding carboxylic acids is 1. The second kappa shape index (κ2) is 7.45. The largest absolute Gasteiger partial charge is 0.490 e. The molecule has 6 heteroatoms. The van der Waals surface area contributed by atoms with Gasteiger partial charge in [-0.3, -0.25) is 4.79 Å². The van der Waals surface area contributed by atoms with Gasteiger partial charge >= 0.3 is 0 Å². The summed E-state index contributed by atoms with van der Waals surface area (Å²) in [4.78, 5) is 16.7. The van der Waals surface area contributed by atoms with Crippen molar-refractivity contribution in [2.45, 2.75) is 32.1 Å². The second-order valence-corrected chi connectivity index (χ2v) is 6.58. The molecule has 0 unspecified atom stereocenters. The first kappa shape index (κ1) is 16.5. The highest BCUT2D eigenvalue weighted by Gasteiger charge is 2.23. The van der Waals surface area contributed by atoms with Crippen molar-refractivity contribution in [2.75, 3.05) is 13.2 Å². The number of aromatic nitrogens is 1. The zero-order chi connectivity index (χ0) is 16.9. The summed E-state index contributed by atoms with van der Waals surface area (Å²) in [5, 5.41) is 11.7.